The van der Waals surface area contributed by atoms with Gasteiger partial charge in [0.2, 0.25) is 11.8 Å². The molecule has 3 rings (SSSR count). The summed E-state index contributed by atoms with van der Waals surface area (Å²) >= 11 is 1.36. The molecule has 0 radical (unpaired) electrons. The van der Waals surface area contributed by atoms with E-state index in [1.165, 1.54) is 31.5 Å². The normalized spacial score (nSPS) is 13.6. The van der Waals surface area contributed by atoms with E-state index in [0.29, 0.717) is 17.3 Å². The van der Waals surface area contributed by atoms with Crippen molar-refractivity contribution in [2.24, 2.45) is 7.05 Å². The fourth-order valence-electron chi connectivity index (χ4n) is 2.35. The van der Waals surface area contributed by atoms with Gasteiger partial charge >= 0.3 is 0 Å². The first-order chi connectivity index (χ1) is 11.5. The van der Waals surface area contributed by atoms with E-state index in [1.807, 2.05) is 11.6 Å². The number of amides is 2. The average Bonchev–Trinajstić information content (AvgIpc) is 3.29. The maximum absolute atomic E-state index is 12.1. The highest BCUT2D eigenvalue weighted by Crippen LogP contribution is 2.39. The Hall–Kier alpha value is -2.35. The summed E-state index contributed by atoms with van der Waals surface area (Å²) < 4.78 is 1.97. The summed E-state index contributed by atoms with van der Waals surface area (Å²) in [6.07, 6.45) is 2.34. The lowest BCUT2D eigenvalue weighted by Crippen LogP contribution is -2.15. The van der Waals surface area contributed by atoms with Crippen LogP contribution in [0, 0.1) is 0 Å². The largest absolute Gasteiger partial charge is 0.326 e. The van der Waals surface area contributed by atoms with Crippen LogP contribution < -0.4 is 10.6 Å². The zero-order valence-electron chi connectivity index (χ0n) is 13.6. The van der Waals surface area contributed by atoms with E-state index in [9.17, 15) is 9.59 Å². The molecule has 1 aliphatic rings. The molecule has 0 unspecified atom stereocenters. The van der Waals surface area contributed by atoms with Gasteiger partial charge in [-0.3, -0.25) is 9.59 Å². The summed E-state index contributed by atoms with van der Waals surface area (Å²) in [6, 6.07) is 7.04. The van der Waals surface area contributed by atoms with E-state index in [4.69, 9.17) is 0 Å². The molecule has 0 spiro atoms. The first-order valence-electron chi connectivity index (χ1n) is 7.72. The molecule has 1 heterocycles. The molecule has 0 atom stereocenters. The van der Waals surface area contributed by atoms with Gasteiger partial charge in [-0.05, 0) is 31.0 Å². The fraction of sp³-hybridized carbons (Fsp3) is 0.375. The Bertz CT molecular complexity index is 770. The number of benzene rings is 1. The van der Waals surface area contributed by atoms with Crippen LogP contribution in [0.1, 0.15) is 31.5 Å². The van der Waals surface area contributed by atoms with Crippen molar-refractivity contribution < 1.29 is 9.59 Å². The first-order valence-corrected chi connectivity index (χ1v) is 8.71. The van der Waals surface area contributed by atoms with Gasteiger partial charge in [-0.2, -0.15) is 0 Å². The van der Waals surface area contributed by atoms with Crippen molar-refractivity contribution in [3.8, 4) is 0 Å². The quantitative estimate of drug-likeness (QED) is 0.785. The summed E-state index contributed by atoms with van der Waals surface area (Å²) in [6.45, 7) is 1.44. The number of nitrogens with zero attached hydrogens (tertiary/aromatic N) is 3. The van der Waals surface area contributed by atoms with Crippen LogP contribution in [0.5, 0.6) is 0 Å². The second kappa shape index (κ2) is 7.04. The molecule has 7 nitrogen and oxygen atoms in total. The number of hydrogen-bond donors (Lipinski definition) is 2. The predicted octanol–water partition coefficient (Wildman–Crippen LogP) is 2.38. The first kappa shape index (κ1) is 16.5. The third-order valence-electron chi connectivity index (χ3n) is 3.61. The molecule has 1 aromatic heterocycles. The van der Waals surface area contributed by atoms with Crippen molar-refractivity contribution >= 4 is 35.0 Å². The van der Waals surface area contributed by atoms with Crippen LogP contribution in [0.25, 0.3) is 0 Å². The van der Waals surface area contributed by atoms with E-state index in [1.54, 1.807) is 24.3 Å². The summed E-state index contributed by atoms with van der Waals surface area (Å²) in [5, 5.41) is 14.6. The zero-order valence-corrected chi connectivity index (χ0v) is 14.4. The minimum absolute atomic E-state index is 0.129. The molecule has 1 aliphatic carbocycles. The third kappa shape index (κ3) is 4.14. The molecule has 1 saturated carbocycles. The minimum atomic E-state index is -0.150. The average molecular weight is 345 g/mol. The molecule has 1 aromatic carbocycles. The molecule has 0 bridgehead atoms. The Morgan fingerprint density at radius 3 is 2.62 bits per heavy atom. The van der Waals surface area contributed by atoms with Gasteiger partial charge in [0.25, 0.3) is 0 Å². The highest BCUT2D eigenvalue weighted by atomic mass is 32.2. The van der Waals surface area contributed by atoms with E-state index in [-0.39, 0.29) is 17.6 Å². The molecule has 1 fully saturated rings. The van der Waals surface area contributed by atoms with Crippen LogP contribution >= 0.6 is 11.8 Å². The third-order valence-corrected chi connectivity index (χ3v) is 4.63. The molecule has 24 heavy (non-hydrogen) atoms. The van der Waals surface area contributed by atoms with Gasteiger partial charge in [0, 0.05) is 31.3 Å². The summed E-state index contributed by atoms with van der Waals surface area (Å²) in [5.74, 6) is 1.50. The van der Waals surface area contributed by atoms with Gasteiger partial charge in [-0.15, -0.1) is 10.2 Å². The highest BCUT2D eigenvalue weighted by Gasteiger charge is 2.29. The maximum Gasteiger partial charge on any atom is 0.234 e. The number of hydrogen-bond acceptors (Lipinski definition) is 5. The maximum atomic E-state index is 12.1. The van der Waals surface area contributed by atoms with Crippen molar-refractivity contribution in [3.05, 3.63) is 30.1 Å². The second-order valence-corrected chi connectivity index (χ2v) is 6.72. The molecule has 126 valence electrons. The Morgan fingerprint density at radius 2 is 1.96 bits per heavy atom. The molecule has 8 heteroatoms. The Labute approximate surface area is 144 Å². The monoisotopic (exact) mass is 345 g/mol. The second-order valence-electron chi connectivity index (χ2n) is 5.77. The van der Waals surface area contributed by atoms with E-state index >= 15 is 0 Å². The lowest BCUT2D eigenvalue weighted by atomic mass is 10.2. The van der Waals surface area contributed by atoms with E-state index in [2.05, 4.69) is 20.8 Å². The van der Waals surface area contributed by atoms with Gasteiger partial charge in [0.15, 0.2) is 5.16 Å². The number of carbonyl (C=O) groups is 2. The van der Waals surface area contributed by atoms with Gasteiger partial charge in [-0.25, -0.2) is 0 Å². The number of thioether (sulfide) groups is 1. The van der Waals surface area contributed by atoms with Gasteiger partial charge in [0.05, 0.1) is 5.75 Å². The standard InChI is InChI=1S/C16H19N5O2S/c1-10(22)17-12-4-3-5-13(8-12)18-14(23)9-24-16-20-19-15(21(16)2)11-6-7-11/h3-5,8,11H,6-7,9H2,1-2H3,(H,17,22)(H,18,23). The van der Waals surface area contributed by atoms with Gasteiger partial charge < -0.3 is 15.2 Å². The van der Waals surface area contributed by atoms with Gasteiger partial charge in [0.1, 0.15) is 5.82 Å². The van der Waals surface area contributed by atoms with Crippen LogP contribution in [-0.2, 0) is 16.6 Å². The molecule has 2 amide bonds. The smallest absolute Gasteiger partial charge is 0.234 e. The number of aromatic nitrogens is 3. The van der Waals surface area contributed by atoms with Crippen LogP contribution in [0.4, 0.5) is 11.4 Å². The summed E-state index contributed by atoms with van der Waals surface area (Å²) in [4.78, 5) is 23.2. The van der Waals surface area contributed by atoms with Crippen LogP contribution in [0.15, 0.2) is 29.4 Å². The number of rotatable bonds is 6. The molecule has 2 N–H and O–H groups in total. The Kier molecular flexibility index (Phi) is 4.84. The summed E-state index contributed by atoms with van der Waals surface area (Å²) in [5.41, 5.74) is 1.29. The predicted molar refractivity (Wildman–Crippen MR) is 93.1 cm³/mol. The van der Waals surface area contributed by atoms with Gasteiger partial charge in [-0.1, -0.05) is 17.8 Å². The zero-order chi connectivity index (χ0) is 17.1. The lowest BCUT2D eigenvalue weighted by Gasteiger charge is -2.08. The van der Waals surface area contributed by atoms with Crippen molar-refractivity contribution in [2.75, 3.05) is 16.4 Å². The van der Waals surface area contributed by atoms with Crippen molar-refractivity contribution in [3.63, 3.8) is 0 Å². The highest BCUT2D eigenvalue weighted by molar-refractivity contribution is 7.99. The Morgan fingerprint density at radius 1 is 1.25 bits per heavy atom. The van der Waals surface area contributed by atoms with Crippen molar-refractivity contribution in [1.82, 2.24) is 14.8 Å². The van der Waals surface area contributed by atoms with Crippen LogP contribution in [-0.4, -0.2) is 32.3 Å². The number of nitrogens with one attached hydrogen (secondary N) is 2. The molecule has 2 aromatic rings. The fourth-order valence-corrected chi connectivity index (χ4v) is 3.07. The SMILES string of the molecule is CC(=O)Nc1cccc(NC(=O)CSc2nnc(C3CC3)n2C)c1. The summed E-state index contributed by atoms with van der Waals surface area (Å²) in [7, 11) is 1.94. The minimum Gasteiger partial charge on any atom is -0.326 e. The molecule has 0 aliphatic heterocycles. The lowest BCUT2D eigenvalue weighted by molar-refractivity contribution is -0.114. The van der Waals surface area contributed by atoms with E-state index in [0.717, 1.165) is 11.0 Å². The van der Waals surface area contributed by atoms with Crippen LogP contribution in [0.3, 0.4) is 0 Å². The number of anilines is 2. The molecule has 0 saturated heterocycles. The molecular weight excluding hydrogens is 326 g/mol. The van der Waals surface area contributed by atoms with Crippen molar-refractivity contribution in [1.29, 1.82) is 0 Å². The molecular formula is C16H19N5O2S. The Balaban J connectivity index is 1.55. The van der Waals surface area contributed by atoms with Crippen LogP contribution in [0.2, 0.25) is 0 Å². The van der Waals surface area contributed by atoms with Crippen molar-refractivity contribution in [2.45, 2.75) is 30.8 Å². The number of carbonyl (C=O) groups excluding carboxylic acids is 2. The topological polar surface area (TPSA) is 88.9 Å². The van der Waals surface area contributed by atoms with E-state index < -0.39 is 0 Å².